The first-order valence-corrected chi connectivity index (χ1v) is 11.5. The number of carbonyl (C=O) groups is 1. The van der Waals surface area contributed by atoms with Gasteiger partial charge in [-0.05, 0) is 24.0 Å². The molecular weight excluding hydrogens is 423 g/mol. The molecule has 1 atom stereocenters. The van der Waals surface area contributed by atoms with E-state index in [0.29, 0.717) is 11.1 Å². The highest BCUT2D eigenvalue weighted by molar-refractivity contribution is 8.18. The van der Waals surface area contributed by atoms with Gasteiger partial charge in [0.05, 0.1) is 33.9 Å². The van der Waals surface area contributed by atoms with Crippen LogP contribution in [0.4, 0.5) is 4.39 Å². The predicted octanol–water partition coefficient (Wildman–Crippen LogP) is 4.66. The van der Waals surface area contributed by atoms with Crippen LogP contribution in [0.25, 0.3) is 10.1 Å². The minimum absolute atomic E-state index is 0.0928. The summed E-state index contributed by atoms with van der Waals surface area (Å²) in [6.07, 6.45) is 0.818. The minimum Gasteiger partial charge on any atom is -0.493 e. The average molecular weight is 447 g/mol. The van der Waals surface area contributed by atoms with Crippen molar-refractivity contribution < 1.29 is 28.1 Å². The van der Waals surface area contributed by atoms with Crippen molar-refractivity contribution in [3.63, 3.8) is 0 Å². The molecule has 28 heavy (non-hydrogen) atoms. The van der Waals surface area contributed by atoms with Crippen molar-refractivity contribution in [2.75, 3.05) is 39.9 Å². The first-order valence-electron chi connectivity index (χ1n) is 8.72. The van der Waals surface area contributed by atoms with Crippen LogP contribution in [-0.4, -0.2) is 52.0 Å². The van der Waals surface area contributed by atoms with Crippen LogP contribution < -0.4 is 9.47 Å². The summed E-state index contributed by atoms with van der Waals surface area (Å²) in [5, 5.41) is 0.483. The van der Waals surface area contributed by atoms with Gasteiger partial charge in [0.15, 0.2) is 17.3 Å². The first-order chi connectivity index (χ1) is 13.5. The van der Waals surface area contributed by atoms with Crippen molar-refractivity contribution in [2.24, 2.45) is 0 Å². The van der Waals surface area contributed by atoms with Crippen molar-refractivity contribution in [1.29, 1.82) is 0 Å². The Morgan fingerprint density at radius 3 is 2.46 bits per heavy atom. The maximum Gasteiger partial charge on any atom is 0.308 e. The van der Waals surface area contributed by atoms with Crippen molar-refractivity contribution in [2.45, 2.75) is 23.0 Å². The zero-order valence-electron chi connectivity index (χ0n) is 16.2. The molecule has 1 aliphatic rings. The van der Waals surface area contributed by atoms with E-state index in [-0.39, 0.29) is 18.1 Å². The fourth-order valence-corrected chi connectivity index (χ4v) is 8.30. The fraction of sp³-hybridized carbons (Fsp3) is 0.526. The van der Waals surface area contributed by atoms with Crippen molar-refractivity contribution in [1.82, 2.24) is 0 Å². The molecule has 2 heterocycles. The fourth-order valence-electron chi connectivity index (χ4n) is 3.26. The molecule has 154 valence electrons. The number of hydrogen-bond acceptors (Lipinski definition) is 8. The second-order valence-corrected chi connectivity index (χ2v) is 10.2. The number of carbonyl (C=O) groups excluding carboxylic acids is 1. The van der Waals surface area contributed by atoms with Crippen LogP contribution in [0.15, 0.2) is 12.1 Å². The van der Waals surface area contributed by atoms with E-state index in [1.54, 1.807) is 36.7 Å². The molecule has 0 spiro atoms. The Hall–Kier alpha value is -1.16. The Balaban J connectivity index is 2.13. The van der Waals surface area contributed by atoms with E-state index < -0.39 is 16.0 Å². The molecular formula is C19H23FO5S3. The number of ether oxygens (including phenoxy) is 4. The third-order valence-corrected chi connectivity index (χ3v) is 9.65. The highest BCUT2D eigenvalue weighted by Crippen LogP contribution is 2.57. The molecule has 1 saturated heterocycles. The first kappa shape index (κ1) is 21.5. The third kappa shape index (κ3) is 3.81. The van der Waals surface area contributed by atoms with Crippen LogP contribution in [0.5, 0.6) is 11.5 Å². The number of thiophene rings is 1. The number of fused-ring (bicyclic) bond motifs is 1. The lowest BCUT2D eigenvalue weighted by Gasteiger charge is -2.40. The standard InChI is InChI=1S/C19H23FO5S3/c1-22-12-9-13-11(17(20)18(12)25-4)8-15(28-13)19(26-6-5-7-27-19)14(23-2)10-16(21)24-3/h8-9,14H,5-7,10H2,1-4H3/t14-/m0/s1. The molecule has 0 bridgehead atoms. The van der Waals surface area contributed by atoms with Crippen LogP contribution in [-0.2, 0) is 18.3 Å². The molecule has 1 aliphatic heterocycles. The number of hydrogen-bond donors (Lipinski definition) is 0. The molecule has 0 saturated carbocycles. The van der Waals surface area contributed by atoms with E-state index in [4.69, 9.17) is 18.9 Å². The molecule has 0 N–H and O–H groups in total. The SMILES string of the molecule is COC(=O)C[C@H](OC)C1(c2cc3c(F)c(OC)c(OC)cc3s2)SCCCS1. The van der Waals surface area contributed by atoms with Gasteiger partial charge in [0.1, 0.15) is 4.08 Å². The van der Waals surface area contributed by atoms with Crippen LogP contribution in [0.3, 0.4) is 0 Å². The molecule has 1 aromatic carbocycles. The number of methoxy groups -OCH3 is 4. The summed E-state index contributed by atoms with van der Waals surface area (Å²) in [6, 6.07) is 3.64. The van der Waals surface area contributed by atoms with Crippen LogP contribution in [0.1, 0.15) is 17.7 Å². The lowest BCUT2D eigenvalue weighted by Crippen LogP contribution is -2.38. The molecule has 3 rings (SSSR count). The number of esters is 1. The molecule has 1 fully saturated rings. The lowest BCUT2D eigenvalue weighted by molar-refractivity contribution is -0.143. The van der Waals surface area contributed by atoms with E-state index in [1.807, 2.05) is 6.07 Å². The van der Waals surface area contributed by atoms with E-state index in [0.717, 1.165) is 27.5 Å². The monoisotopic (exact) mass is 446 g/mol. The van der Waals surface area contributed by atoms with E-state index in [9.17, 15) is 4.79 Å². The predicted molar refractivity (Wildman–Crippen MR) is 114 cm³/mol. The Labute approximate surface area is 176 Å². The molecule has 0 unspecified atom stereocenters. The average Bonchev–Trinajstić information content (AvgIpc) is 3.17. The highest BCUT2D eigenvalue weighted by Gasteiger charge is 2.46. The molecule has 0 aliphatic carbocycles. The van der Waals surface area contributed by atoms with Crippen LogP contribution in [0.2, 0.25) is 0 Å². The smallest absolute Gasteiger partial charge is 0.308 e. The number of benzene rings is 1. The molecule has 1 aromatic heterocycles. The summed E-state index contributed by atoms with van der Waals surface area (Å²) in [7, 11) is 5.89. The van der Waals surface area contributed by atoms with Gasteiger partial charge in [-0.3, -0.25) is 4.79 Å². The second kappa shape index (κ2) is 9.11. The summed E-state index contributed by atoms with van der Waals surface area (Å²) in [5.74, 6) is 1.57. The molecule has 9 heteroatoms. The van der Waals surface area contributed by atoms with Gasteiger partial charge in [-0.2, -0.15) is 0 Å². The lowest BCUT2D eigenvalue weighted by atomic mass is 10.1. The van der Waals surface area contributed by atoms with Gasteiger partial charge < -0.3 is 18.9 Å². The van der Waals surface area contributed by atoms with Gasteiger partial charge in [0.25, 0.3) is 0 Å². The molecule has 0 amide bonds. The maximum absolute atomic E-state index is 15.1. The van der Waals surface area contributed by atoms with Crippen molar-refractivity contribution >= 4 is 50.9 Å². The van der Waals surface area contributed by atoms with Gasteiger partial charge in [-0.15, -0.1) is 34.9 Å². The molecule has 5 nitrogen and oxygen atoms in total. The van der Waals surface area contributed by atoms with Gasteiger partial charge in [-0.1, -0.05) is 0 Å². The van der Waals surface area contributed by atoms with E-state index >= 15 is 4.39 Å². The summed E-state index contributed by atoms with van der Waals surface area (Å²) in [5.41, 5.74) is 0. The molecule has 0 radical (unpaired) electrons. The normalized spacial score (nSPS) is 17.3. The summed E-state index contributed by atoms with van der Waals surface area (Å²) >= 11 is 4.99. The topological polar surface area (TPSA) is 54.0 Å². The van der Waals surface area contributed by atoms with Gasteiger partial charge >= 0.3 is 5.97 Å². The van der Waals surface area contributed by atoms with E-state index in [1.165, 1.54) is 32.7 Å². The van der Waals surface area contributed by atoms with Crippen molar-refractivity contribution in [3.8, 4) is 11.5 Å². The third-order valence-electron chi connectivity index (χ3n) is 4.66. The number of rotatable bonds is 7. The van der Waals surface area contributed by atoms with Gasteiger partial charge in [0.2, 0.25) is 0 Å². The number of halogens is 1. The summed E-state index contributed by atoms with van der Waals surface area (Å²) < 4.78 is 36.4. The molecule has 2 aromatic rings. The maximum atomic E-state index is 15.1. The zero-order valence-corrected chi connectivity index (χ0v) is 18.7. The number of thioether (sulfide) groups is 2. The minimum atomic E-state index is -0.502. The second-order valence-electron chi connectivity index (χ2n) is 6.17. The van der Waals surface area contributed by atoms with Crippen LogP contribution in [0, 0.1) is 5.82 Å². The van der Waals surface area contributed by atoms with E-state index in [2.05, 4.69) is 0 Å². The summed E-state index contributed by atoms with van der Waals surface area (Å²) in [6.45, 7) is 0. The van der Waals surface area contributed by atoms with Crippen molar-refractivity contribution in [3.05, 3.63) is 22.8 Å². The van der Waals surface area contributed by atoms with Gasteiger partial charge in [-0.25, -0.2) is 4.39 Å². The Kier molecular flexibility index (Phi) is 7.01. The highest BCUT2D eigenvalue weighted by atomic mass is 32.2. The quantitative estimate of drug-likeness (QED) is 0.574. The Morgan fingerprint density at radius 2 is 1.89 bits per heavy atom. The van der Waals surface area contributed by atoms with Gasteiger partial charge in [0, 0.05) is 28.1 Å². The Morgan fingerprint density at radius 1 is 1.18 bits per heavy atom. The zero-order chi connectivity index (χ0) is 20.3. The Bertz CT molecular complexity index is 848. The largest absolute Gasteiger partial charge is 0.493 e. The summed E-state index contributed by atoms with van der Waals surface area (Å²) in [4.78, 5) is 12.9. The van der Waals surface area contributed by atoms with Crippen LogP contribution >= 0.6 is 34.9 Å².